The van der Waals surface area contributed by atoms with Crippen LogP contribution in [-0.2, 0) is 11.2 Å². The van der Waals surface area contributed by atoms with Gasteiger partial charge in [0.2, 0.25) is 0 Å². The molecular formula is C25H22N2O5. The van der Waals surface area contributed by atoms with Crippen LogP contribution in [0.3, 0.4) is 0 Å². The Morgan fingerprint density at radius 2 is 1.56 bits per heavy atom. The lowest BCUT2D eigenvalue weighted by atomic mass is 10.0. The van der Waals surface area contributed by atoms with Gasteiger partial charge in [-0.1, -0.05) is 48.5 Å². The highest BCUT2D eigenvalue weighted by Gasteiger charge is 2.12. The number of nitrogen functional groups attached to an aromatic ring is 2. The summed E-state index contributed by atoms with van der Waals surface area (Å²) < 4.78 is 5.24. The molecule has 0 atom stereocenters. The lowest BCUT2D eigenvalue weighted by Crippen LogP contribution is -2.10. The van der Waals surface area contributed by atoms with Crippen LogP contribution in [0.5, 0.6) is 0 Å². The van der Waals surface area contributed by atoms with Crippen molar-refractivity contribution in [2.75, 3.05) is 18.1 Å². The third-order valence-electron chi connectivity index (χ3n) is 4.66. The summed E-state index contributed by atoms with van der Waals surface area (Å²) in [6, 6.07) is 18.0. The van der Waals surface area contributed by atoms with Gasteiger partial charge in [-0.15, -0.1) is 0 Å². The quantitative estimate of drug-likeness (QED) is 0.214. The Bertz CT molecular complexity index is 1170. The van der Waals surface area contributed by atoms with Crippen LogP contribution in [0.25, 0.3) is 6.08 Å². The number of ketones is 1. The fourth-order valence-corrected chi connectivity index (χ4v) is 3.09. The number of rotatable bonds is 8. The van der Waals surface area contributed by atoms with Gasteiger partial charge in [-0.3, -0.25) is 4.79 Å². The van der Waals surface area contributed by atoms with E-state index in [9.17, 15) is 19.5 Å². The number of esters is 1. The molecule has 0 radical (unpaired) electrons. The first-order chi connectivity index (χ1) is 15.3. The predicted molar refractivity (Wildman–Crippen MR) is 122 cm³/mol. The zero-order valence-corrected chi connectivity index (χ0v) is 17.2. The molecule has 162 valence electrons. The first kappa shape index (κ1) is 22.3. The lowest BCUT2D eigenvalue weighted by molar-refractivity contribution is 0.0508. The Morgan fingerprint density at radius 1 is 0.875 bits per heavy atom. The van der Waals surface area contributed by atoms with Gasteiger partial charge in [0.1, 0.15) is 0 Å². The number of benzene rings is 3. The molecule has 0 amide bonds. The van der Waals surface area contributed by atoms with E-state index >= 15 is 0 Å². The van der Waals surface area contributed by atoms with Gasteiger partial charge in [0.05, 0.1) is 17.7 Å². The second-order valence-corrected chi connectivity index (χ2v) is 7.06. The van der Waals surface area contributed by atoms with E-state index in [1.54, 1.807) is 36.4 Å². The maximum Gasteiger partial charge on any atom is 0.338 e. The van der Waals surface area contributed by atoms with Crippen molar-refractivity contribution in [3.8, 4) is 0 Å². The molecule has 5 N–H and O–H groups in total. The minimum atomic E-state index is -1.12. The summed E-state index contributed by atoms with van der Waals surface area (Å²) >= 11 is 0. The Balaban J connectivity index is 1.66. The highest BCUT2D eigenvalue weighted by atomic mass is 16.5. The normalized spacial score (nSPS) is 10.8. The zero-order chi connectivity index (χ0) is 23.1. The van der Waals surface area contributed by atoms with E-state index in [4.69, 9.17) is 16.2 Å². The Labute approximate surface area is 184 Å². The van der Waals surface area contributed by atoms with Gasteiger partial charge in [-0.2, -0.15) is 0 Å². The van der Waals surface area contributed by atoms with Crippen LogP contribution < -0.4 is 11.5 Å². The van der Waals surface area contributed by atoms with Crippen LogP contribution in [0, 0.1) is 0 Å². The molecule has 3 rings (SSSR count). The standard InChI is InChI=1S/C25H22N2O5/c26-20-13-19(14-21(27)15-20)25(31)32-11-10-16-6-7-17(22(12-16)24(29)30)8-9-23(28)18-4-2-1-3-5-18/h1-9,12-15H,10-11,26-27H2,(H,29,30). The van der Waals surface area contributed by atoms with Crippen molar-refractivity contribution in [1.29, 1.82) is 0 Å². The highest BCUT2D eigenvalue weighted by molar-refractivity contribution is 6.07. The van der Waals surface area contributed by atoms with Gasteiger partial charge in [-0.25, -0.2) is 9.59 Å². The number of anilines is 2. The molecule has 0 saturated heterocycles. The van der Waals surface area contributed by atoms with E-state index < -0.39 is 11.9 Å². The Morgan fingerprint density at radius 3 is 2.22 bits per heavy atom. The van der Waals surface area contributed by atoms with E-state index in [0.29, 0.717) is 34.5 Å². The van der Waals surface area contributed by atoms with Gasteiger partial charge in [0.15, 0.2) is 5.78 Å². The third kappa shape index (κ3) is 5.82. The largest absolute Gasteiger partial charge is 0.478 e. The molecule has 0 spiro atoms. The number of carboxylic acids is 1. The van der Waals surface area contributed by atoms with Crippen molar-refractivity contribution in [2.45, 2.75) is 6.42 Å². The maximum atomic E-state index is 12.2. The molecule has 0 saturated carbocycles. The van der Waals surface area contributed by atoms with Crippen LogP contribution in [-0.4, -0.2) is 29.4 Å². The summed E-state index contributed by atoms with van der Waals surface area (Å²) in [6.45, 7) is 0.0499. The van der Waals surface area contributed by atoms with E-state index in [2.05, 4.69) is 0 Å². The molecule has 0 unspecified atom stereocenters. The van der Waals surface area contributed by atoms with Crippen LogP contribution in [0.15, 0.2) is 72.8 Å². The minimum Gasteiger partial charge on any atom is -0.478 e. The number of carbonyl (C=O) groups excluding carboxylic acids is 2. The van der Waals surface area contributed by atoms with E-state index in [-0.39, 0.29) is 23.5 Å². The number of hydrogen-bond acceptors (Lipinski definition) is 6. The molecule has 7 heteroatoms. The number of aromatic carboxylic acids is 1. The second-order valence-electron chi connectivity index (χ2n) is 7.06. The summed E-state index contributed by atoms with van der Waals surface area (Å²) in [4.78, 5) is 36.1. The second kappa shape index (κ2) is 10.1. The smallest absolute Gasteiger partial charge is 0.338 e. The average molecular weight is 430 g/mol. The average Bonchev–Trinajstić information content (AvgIpc) is 2.77. The molecule has 0 bridgehead atoms. The minimum absolute atomic E-state index is 0.0499. The van der Waals surface area contributed by atoms with Crippen LogP contribution in [0.1, 0.15) is 42.2 Å². The molecule has 0 aliphatic heterocycles. The van der Waals surface area contributed by atoms with Gasteiger partial charge >= 0.3 is 11.9 Å². The van der Waals surface area contributed by atoms with Crippen molar-refractivity contribution in [2.24, 2.45) is 0 Å². The number of allylic oxidation sites excluding steroid dienone is 1. The first-order valence-electron chi connectivity index (χ1n) is 9.80. The fourth-order valence-electron chi connectivity index (χ4n) is 3.09. The fraction of sp³-hybridized carbons (Fsp3) is 0.0800. The summed E-state index contributed by atoms with van der Waals surface area (Å²) in [5.74, 6) is -1.91. The molecule has 0 heterocycles. The molecule has 0 fully saturated rings. The Kier molecular flexibility index (Phi) is 7.02. The number of ether oxygens (including phenoxy) is 1. The maximum absolute atomic E-state index is 12.2. The van der Waals surface area contributed by atoms with E-state index in [1.807, 2.05) is 6.07 Å². The molecule has 0 aromatic heterocycles. The molecule has 0 aliphatic carbocycles. The number of hydrogen-bond donors (Lipinski definition) is 3. The van der Waals surface area contributed by atoms with Gasteiger partial charge in [-0.05, 0) is 41.5 Å². The van der Waals surface area contributed by atoms with Crippen molar-refractivity contribution < 1.29 is 24.2 Å². The molecule has 3 aromatic carbocycles. The SMILES string of the molecule is Nc1cc(N)cc(C(=O)OCCc2ccc(C=CC(=O)c3ccccc3)c(C(=O)O)c2)c1. The van der Waals surface area contributed by atoms with Crippen molar-refractivity contribution in [3.05, 3.63) is 101 Å². The summed E-state index contributed by atoms with van der Waals surface area (Å²) in [5.41, 5.74) is 14.0. The third-order valence-corrected chi connectivity index (χ3v) is 4.66. The summed E-state index contributed by atoms with van der Waals surface area (Å²) in [5, 5.41) is 9.56. The molecule has 0 aliphatic rings. The molecule has 3 aromatic rings. The predicted octanol–water partition coefficient (Wildman–Crippen LogP) is 3.84. The van der Waals surface area contributed by atoms with Gasteiger partial charge in [0.25, 0.3) is 0 Å². The summed E-state index contributed by atoms with van der Waals surface area (Å²) in [6.07, 6.45) is 3.14. The molecule has 32 heavy (non-hydrogen) atoms. The zero-order valence-electron chi connectivity index (χ0n) is 17.2. The number of carboxylic acid groups (broad SMARTS) is 1. The molecule has 7 nitrogen and oxygen atoms in total. The van der Waals surface area contributed by atoms with Crippen LogP contribution in [0.2, 0.25) is 0 Å². The Hall–Kier alpha value is -4.39. The van der Waals surface area contributed by atoms with Gasteiger partial charge in [0, 0.05) is 23.4 Å². The number of nitrogens with two attached hydrogens (primary N) is 2. The van der Waals surface area contributed by atoms with Crippen LogP contribution in [0.4, 0.5) is 11.4 Å². The molecular weight excluding hydrogens is 408 g/mol. The topological polar surface area (TPSA) is 133 Å². The van der Waals surface area contributed by atoms with E-state index in [1.165, 1.54) is 36.4 Å². The summed E-state index contributed by atoms with van der Waals surface area (Å²) in [7, 11) is 0. The van der Waals surface area contributed by atoms with Crippen molar-refractivity contribution in [1.82, 2.24) is 0 Å². The van der Waals surface area contributed by atoms with Crippen molar-refractivity contribution >= 4 is 35.2 Å². The van der Waals surface area contributed by atoms with Crippen molar-refractivity contribution in [3.63, 3.8) is 0 Å². The highest BCUT2D eigenvalue weighted by Crippen LogP contribution is 2.17. The first-order valence-corrected chi connectivity index (χ1v) is 9.80. The monoisotopic (exact) mass is 430 g/mol. The number of carbonyl (C=O) groups is 3. The lowest BCUT2D eigenvalue weighted by Gasteiger charge is -2.08. The van der Waals surface area contributed by atoms with E-state index in [0.717, 1.165) is 0 Å². The van der Waals surface area contributed by atoms with Gasteiger partial charge < -0.3 is 21.3 Å². The van der Waals surface area contributed by atoms with Crippen LogP contribution >= 0.6 is 0 Å².